The standard InChI is InChI=1S/C18H20F2N6O2/c1-9-24-25-17(28-9)12-3-2-11(12)14-22-15-13(16(27)23-14)8-21-26(15)10-4-6-18(19,20)7-5-10/h8,10-12H,2-7H2,1H3,(H,22,23,27)/t11?,12-/m0/s1. The normalized spacial score (nSPS) is 25.1. The van der Waals surface area contributed by atoms with Crippen LogP contribution in [0.25, 0.3) is 11.0 Å². The first-order valence-electron chi connectivity index (χ1n) is 9.56. The molecule has 0 saturated heterocycles. The highest BCUT2D eigenvalue weighted by molar-refractivity contribution is 5.73. The summed E-state index contributed by atoms with van der Waals surface area (Å²) in [6.07, 6.45) is 3.50. The number of rotatable bonds is 3. The zero-order valence-corrected chi connectivity index (χ0v) is 15.4. The summed E-state index contributed by atoms with van der Waals surface area (Å²) < 4.78 is 34.2. The van der Waals surface area contributed by atoms with Crippen molar-refractivity contribution in [3.63, 3.8) is 0 Å². The highest BCUT2D eigenvalue weighted by Gasteiger charge is 2.40. The molecule has 0 aliphatic heterocycles. The van der Waals surface area contributed by atoms with Crippen molar-refractivity contribution in [2.24, 2.45) is 0 Å². The number of nitrogens with one attached hydrogen (secondary N) is 1. The molecule has 3 aromatic rings. The van der Waals surface area contributed by atoms with Crippen molar-refractivity contribution >= 4 is 11.0 Å². The quantitative estimate of drug-likeness (QED) is 0.737. The first-order valence-corrected chi connectivity index (χ1v) is 9.56. The molecule has 3 aromatic heterocycles. The van der Waals surface area contributed by atoms with Crippen LogP contribution in [0, 0.1) is 6.92 Å². The van der Waals surface area contributed by atoms with Crippen LogP contribution in [0.3, 0.4) is 0 Å². The SMILES string of the molecule is Cc1nnc([C@H]2CCC2c2nc3c(cnn3C3CCC(F)(F)CC3)c(=O)[nH]2)o1. The minimum absolute atomic E-state index is 0.0176. The average Bonchev–Trinajstić information content (AvgIpc) is 3.21. The van der Waals surface area contributed by atoms with Crippen LogP contribution in [0.1, 0.15) is 74.0 Å². The number of aryl methyl sites for hydroxylation is 1. The first kappa shape index (κ1) is 17.4. The molecule has 2 fully saturated rings. The van der Waals surface area contributed by atoms with Crippen molar-refractivity contribution in [1.29, 1.82) is 0 Å². The minimum atomic E-state index is -2.61. The molecule has 2 atom stereocenters. The van der Waals surface area contributed by atoms with E-state index in [-0.39, 0.29) is 36.3 Å². The first-order chi connectivity index (χ1) is 13.4. The van der Waals surface area contributed by atoms with E-state index in [1.165, 1.54) is 6.20 Å². The second-order valence-corrected chi connectivity index (χ2v) is 7.81. The van der Waals surface area contributed by atoms with E-state index in [0.29, 0.717) is 41.5 Å². The van der Waals surface area contributed by atoms with Gasteiger partial charge in [0.05, 0.1) is 12.2 Å². The number of H-pyrrole nitrogens is 1. The Hall–Kier alpha value is -2.65. The molecule has 28 heavy (non-hydrogen) atoms. The third-order valence-electron chi connectivity index (χ3n) is 6.00. The van der Waals surface area contributed by atoms with E-state index in [1.54, 1.807) is 11.6 Å². The van der Waals surface area contributed by atoms with Crippen molar-refractivity contribution in [2.45, 2.75) is 69.2 Å². The predicted molar refractivity (Wildman–Crippen MR) is 94.4 cm³/mol. The van der Waals surface area contributed by atoms with E-state index in [4.69, 9.17) is 4.42 Å². The number of hydrogen-bond acceptors (Lipinski definition) is 6. The molecule has 148 valence electrons. The summed E-state index contributed by atoms with van der Waals surface area (Å²) in [4.78, 5) is 20.1. The highest BCUT2D eigenvalue weighted by atomic mass is 19.3. The molecule has 0 radical (unpaired) electrons. The molecule has 3 heterocycles. The van der Waals surface area contributed by atoms with Gasteiger partial charge in [-0.2, -0.15) is 5.10 Å². The maximum Gasteiger partial charge on any atom is 0.262 e. The van der Waals surface area contributed by atoms with E-state index >= 15 is 0 Å². The van der Waals surface area contributed by atoms with Crippen molar-refractivity contribution in [2.75, 3.05) is 0 Å². The Bertz CT molecular complexity index is 1080. The van der Waals surface area contributed by atoms with Gasteiger partial charge in [-0.3, -0.25) is 4.79 Å². The van der Waals surface area contributed by atoms with Gasteiger partial charge in [-0.15, -0.1) is 10.2 Å². The number of halogens is 2. The molecule has 0 spiro atoms. The lowest BCUT2D eigenvalue weighted by Gasteiger charge is -2.33. The Kier molecular flexibility index (Phi) is 3.85. The fourth-order valence-electron chi connectivity index (χ4n) is 4.25. The van der Waals surface area contributed by atoms with Gasteiger partial charge >= 0.3 is 0 Å². The maximum atomic E-state index is 13.5. The number of hydrogen-bond donors (Lipinski definition) is 1. The van der Waals surface area contributed by atoms with Gasteiger partial charge in [0.25, 0.3) is 5.56 Å². The van der Waals surface area contributed by atoms with Gasteiger partial charge in [0.15, 0.2) is 5.65 Å². The van der Waals surface area contributed by atoms with Crippen molar-refractivity contribution in [1.82, 2.24) is 29.9 Å². The summed E-state index contributed by atoms with van der Waals surface area (Å²) in [5.41, 5.74) is 0.195. The summed E-state index contributed by atoms with van der Waals surface area (Å²) in [6.45, 7) is 1.74. The monoisotopic (exact) mass is 390 g/mol. The molecule has 1 unspecified atom stereocenters. The molecule has 8 nitrogen and oxygen atoms in total. The number of nitrogens with zero attached hydrogens (tertiary/aromatic N) is 5. The number of alkyl halides is 2. The second-order valence-electron chi connectivity index (χ2n) is 7.81. The molecule has 2 aliphatic carbocycles. The van der Waals surface area contributed by atoms with E-state index < -0.39 is 5.92 Å². The van der Waals surface area contributed by atoms with E-state index in [0.717, 1.165) is 12.8 Å². The molecular formula is C18H20F2N6O2. The van der Waals surface area contributed by atoms with Crippen LogP contribution in [-0.2, 0) is 0 Å². The largest absolute Gasteiger partial charge is 0.425 e. The van der Waals surface area contributed by atoms with Gasteiger partial charge in [0.2, 0.25) is 17.7 Å². The Morgan fingerprint density at radius 1 is 1.18 bits per heavy atom. The molecule has 0 amide bonds. The molecule has 0 bridgehead atoms. The third-order valence-corrected chi connectivity index (χ3v) is 6.00. The fraction of sp³-hybridized carbons (Fsp3) is 0.611. The van der Waals surface area contributed by atoms with Crippen LogP contribution in [0.15, 0.2) is 15.4 Å². The summed E-state index contributed by atoms with van der Waals surface area (Å²) in [5, 5.41) is 12.7. The number of aromatic nitrogens is 6. The van der Waals surface area contributed by atoms with Gasteiger partial charge in [0, 0.05) is 31.6 Å². The zero-order valence-electron chi connectivity index (χ0n) is 15.4. The lowest BCUT2D eigenvalue weighted by atomic mass is 9.73. The minimum Gasteiger partial charge on any atom is -0.425 e. The second kappa shape index (κ2) is 6.18. The summed E-state index contributed by atoms with van der Waals surface area (Å²) in [6, 6.07) is -0.171. The van der Waals surface area contributed by atoms with Gasteiger partial charge in [-0.05, 0) is 25.7 Å². The molecule has 2 saturated carbocycles. The molecule has 1 N–H and O–H groups in total. The van der Waals surface area contributed by atoms with Gasteiger partial charge < -0.3 is 9.40 Å². The average molecular weight is 390 g/mol. The smallest absolute Gasteiger partial charge is 0.262 e. The molecular weight excluding hydrogens is 370 g/mol. The van der Waals surface area contributed by atoms with Crippen molar-refractivity contribution in [3.05, 3.63) is 34.2 Å². The molecule has 5 rings (SSSR count). The highest BCUT2D eigenvalue weighted by Crippen LogP contribution is 2.47. The lowest BCUT2D eigenvalue weighted by Crippen LogP contribution is -2.28. The Morgan fingerprint density at radius 2 is 1.93 bits per heavy atom. The fourth-order valence-corrected chi connectivity index (χ4v) is 4.25. The Balaban J connectivity index is 1.49. The van der Waals surface area contributed by atoms with Gasteiger partial charge in [-0.25, -0.2) is 18.4 Å². The van der Waals surface area contributed by atoms with Gasteiger partial charge in [0.1, 0.15) is 11.2 Å². The number of fused-ring (bicyclic) bond motifs is 1. The summed E-state index contributed by atoms with van der Waals surface area (Å²) >= 11 is 0. The van der Waals surface area contributed by atoms with E-state index in [1.807, 2.05) is 0 Å². The third kappa shape index (κ3) is 2.82. The molecule has 2 aliphatic rings. The maximum absolute atomic E-state index is 13.5. The van der Waals surface area contributed by atoms with Crippen molar-refractivity contribution in [3.8, 4) is 0 Å². The van der Waals surface area contributed by atoms with Crippen molar-refractivity contribution < 1.29 is 13.2 Å². The summed E-state index contributed by atoms with van der Waals surface area (Å²) in [5.74, 6) is -0.990. The predicted octanol–water partition coefficient (Wildman–Crippen LogP) is 3.22. The van der Waals surface area contributed by atoms with E-state index in [9.17, 15) is 13.6 Å². The van der Waals surface area contributed by atoms with Crippen LogP contribution in [0.5, 0.6) is 0 Å². The van der Waals surface area contributed by atoms with Crippen LogP contribution in [0.4, 0.5) is 8.78 Å². The van der Waals surface area contributed by atoms with Gasteiger partial charge in [-0.1, -0.05) is 0 Å². The van der Waals surface area contributed by atoms with E-state index in [2.05, 4.69) is 25.3 Å². The zero-order chi connectivity index (χ0) is 19.5. The molecule has 10 heteroatoms. The van der Waals surface area contributed by atoms with Crippen LogP contribution < -0.4 is 5.56 Å². The Morgan fingerprint density at radius 3 is 2.57 bits per heavy atom. The van der Waals surface area contributed by atoms with Crippen LogP contribution in [0.2, 0.25) is 0 Å². The molecule has 0 aromatic carbocycles. The van der Waals surface area contributed by atoms with Crippen LogP contribution >= 0.6 is 0 Å². The Labute approximate surface area is 158 Å². The lowest BCUT2D eigenvalue weighted by molar-refractivity contribution is -0.0446. The van der Waals surface area contributed by atoms with Crippen LogP contribution in [-0.4, -0.2) is 35.9 Å². The summed E-state index contributed by atoms with van der Waals surface area (Å²) in [7, 11) is 0. The topological polar surface area (TPSA) is 102 Å². The number of aromatic amines is 1.